The monoisotopic (exact) mass is 231 g/mol. The normalized spacial score (nSPS) is 17.5. The van der Waals surface area contributed by atoms with Crippen LogP contribution in [0.5, 0.6) is 0 Å². The number of Topliss-reactive ketones (excluding diaryl/α,β-unsaturated/α-hetero) is 1. The average Bonchev–Trinajstić information content (AvgIpc) is 2.50. The summed E-state index contributed by atoms with van der Waals surface area (Å²) < 4.78 is 0. The van der Waals surface area contributed by atoms with Crippen LogP contribution in [0.15, 0.2) is 24.3 Å². The van der Waals surface area contributed by atoms with Crippen molar-refractivity contribution < 1.29 is 4.79 Å². The van der Waals surface area contributed by atoms with E-state index in [1.165, 1.54) is 12.8 Å². The standard InChI is InChI=1S/C15H21NO/c1-3-7-12(2)16-11-6-10-15(17)13-8-4-5-9-14(13)16/h4-5,8-9,12H,3,6-7,10-11H2,1-2H3. The Morgan fingerprint density at radius 2 is 2.12 bits per heavy atom. The molecule has 0 aromatic heterocycles. The zero-order valence-corrected chi connectivity index (χ0v) is 10.8. The van der Waals surface area contributed by atoms with Gasteiger partial charge in [0.25, 0.3) is 0 Å². The molecule has 92 valence electrons. The summed E-state index contributed by atoms with van der Waals surface area (Å²) in [5.74, 6) is 0.298. The number of fused-ring (bicyclic) bond motifs is 1. The second-order valence-electron chi connectivity index (χ2n) is 4.87. The van der Waals surface area contributed by atoms with Crippen molar-refractivity contribution in [3.05, 3.63) is 29.8 Å². The zero-order valence-electron chi connectivity index (χ0n) is 10.8. The van der Waals surface area contributed by atoms with E-state index in [1.54, 1.807) is 0 Å². The molecule has 0 radical (unpaired) electrons. The Hall–Kier alpha value is -1.31. The van der Waals surface area contributed by atoms with Crippen molar-refractivity contribution in [2.75, 3.05) is 11.4 Å². The largest absolute Gasteiger partial charge is 0.368 e. The van der Waals surface area contributed by atoms with Gasteiger partial charge in [0.1, 0.15) is 0 Å². The minimum absolute atomic E-state index is 0.298. The number of rotatable bonds is 3. The SMILES string of the molecule is CCCC(C)N1CCCC(=O)c2ccccc21. The van der Waals surface area contributed by atoms with Gasteiger partial charge in [-0.15, -0.1) is 0 Å². The number of benzene rings is 1. The molecule has 17 heavy (non-hydrogen) atoms. The van der Waals surface area contributed by atoms with Gasteiger partial charge < -0.3 is 4.90 Å². The van der Waals surface area contributed by atoms with Crippen molar-refractivity contribution in [3.8, 4) is 0 Å². The fourth-order valence-electron chi connectivity index (χ4n) is 2.66. The molecule has 1 aromatic rings. The van der Waals surface area contributed by atoms with Gasteiger partial charge in [0.05, 0.1) is 0 Å². The molecular formula is C15H21NO. The number of para-hydroxylation sites is 1. The molecule has 0 saturated heterocycles. The molecule has 1 aliphatic rings. The molecule has 0 saturated carbocycles. The lowest BCUT2D eigenvalue weighted by atomic mass is 10.1. The summed E-state index contributed by atoms with van der Waals surface area (Å²) in [5.41, 5.74) is 2.05. The van der Waals surface area contributed by atoms with Crippen LogP contribution in [0, 0.1) is 0 Å². The van der Waals surface area contributed by atoms with Crippen LogP contribution in [0.1, 0.15) is 49.9 Å². The van der Waals surface area contributed by atoms with Gasteiger partial charge in [-0.1, -0.05) is 25.5 Å². The lowest BCUT2D eigenvalue weighted by Crippen LogP contribution is -2.33. The molecule has 0 N–H and O–H groups in total. The summed E-state index contributed by atoms with van der Waals surface area (Å²) >= 11 is 0. The van der Waals surface area contributed by atoms with Crippen molar-refractivity contribution in [1.29, 1.82) is 0 Å². The number of ketones is 1. The Kier molecular flexibility index (Phi) is 3.82. The first-order chi connectivity index (χ1) is 8.24. The Morgan fingerprint density at radius 3 is 2.88 bits per heavy atom. The molecule has 1 atom stereocenters. The molecule has 1 aromatic carbocycles. The van der Waals surface area contributed by atoms with Gasteiger partial charge in [0.2, 0.25) is 0 Å². The van der Waals surface area contributed by atoms with E-state index in [0.29, 0.717) is 18.2 Å². The molecule has 0 spiro atoms. The van der Waals surface area contributed by atoms with Crippen LogP contribution >= 0.6 is 0 Å². The van der Waals surface area contributed by atoms with E-state index in [4.69, 9.17) is 0 Å². The number of anilines is 1. The van der Waals surface area contributed by atoms with Crippen LogP contribution in [-0.4, -0.2) is 18.4 Å². The van der Waals surface area contributed by atoms with E-state index in [-0.39, 0.29) is 0 Å². The molecule has 2 heteroatoms. The highest BCUT2D eigenvalue weighted by Gasteiger charge is 2.23. The average molecular weight is 231 g/mol. The van der Waals surface area contributed by atoms with Gasteiger partial charge in [-0.3, -0.25) is 4.79 Å². The van der Waals surface area contributed by atoms with Gasteiger partial charge >= 0.3 is 0 Å². The van der Waals surface area contributed by atoms with Crippen molar-refractivity contribution in [1.82, 2.24) is 0 Å². The van der Waals surface area contributed by atoms with E-state index >= 15 is 0 Å². The highest BCUT2D eigenvalue weighted by molar-refractivity contribution is 6.02. The van der Waals surface area contributed by atoms with Gasteiger partial charge in [0.15, 0.2) is 5.78 Å². The summed E-state index contributed by atoms with van der Waals surface area (Å²) in [7, 11) is 0. The Labute approximate surface area is 104 Å². The maximum Gasteiger partial charge on any atom is 0.165 e. The molecule has 2 rings (SSSR count). The van der Waals surface area contributed by atoms with Crippen molar-refractivity contribution in [2.24, 2.45) is 0 Å². The summed E-state index contributed by atoms with van der Waals surface area (Å²) in [6, 6.07) is 8.57. The maximum absolute atomic E-state index is 12.0. The summed E-state index contributed by atoms with van der Waals surface area (Å²) in [5, 5.41) is 0. The third kappa shape index (κ3) is 2.51. The van der Waals surface area contributed by atoms with Crippen LogP contribution in [0.2, 0.25) is 0 Å². The molecular weight excluding hydrogens is 210 g/mol. The fraction of sp³-hybridized carbons (Fsp3) is 0.533. The van der Waals surface area contributed by atoms with E-state index < -0.39 is 0 Å². The lowest BCUT2D eigenvalue weighted by molar-refractivity contribution is 0.0984. The van der Waals surface area contributed by atoms with Crippen molar-refractivity contribution in [3.63, 3.8) is 0 Å². The number of carbonyl (C=O) groups excluding carboxylic acids is 1. The summed E-state index contributed by atoms with van der Waals surface area (Å²) in [4.78, 5) is 14.4. The predicted octanol–water partition coefficient (Wildman–Crippen LogP) is 3.66. The molecule has 1 unspecified atom stereocenters. The smallest absolute Gasteiger partial charge is 0.165 e. The molecule has 1 heterocycles. The number of hydrogen-bond acceptors (Lipinski definition) is 2. The molecule has 1 aliphatic heterocycles. The topological polar surface area (TPSA) is 20.3 Å². The number of hydrogen-bond donors (Lipinski definition) is 0. The summed E-state index contributed by atoms with van der Waals surface area (Å²) in [6.07, 6.45) is 4.03. The van der Waals surface area contributed by atoms with Crippen molar-refractivity contribution >= 4 is 11.5 Å². The Balaban J connectivity index is 2.34. The maximum atomic E-state index is 12.0. The van der Waals surface area contributed by atoms with E-state index in [0.717, 1.165) is 24.2 Å². The van der Waals surface area contributed by atoms with Crippen LogP contribution in [0.4, 0.5) is 5.69 Å². The third-order valence-corrected chi connectivity index (χ3v) is 3.56. The van der Waals surface area contributed by atoms with E-state index in [2.05, 4.69) is 24.8 Å². The highest BCUT2D eigenvalue weighted by atomic mass is 16.1. The first kappa shape index (κ1) is 12.2. The quantitative estimate of drug-likeness (QED) is 0.791. The number of carbonyl (C=O) groups is 1. The molecule has 0 amide bonds. The zero-order chi connectivity index (χ0) is 12.3. The minimum atomic E-state index is 0.298. The van der Waals surface area contributed by atoms with Gasteiger partial charge in [-0.2, -0.15) is 0 Å². The molecule has 0 bridgehead atoms. The summed E-state index contributed by atoms with van der Waals surface area (Å²) in [6.45, 7) is 5.48. The third-order valence-electron chi connectivity index (χ3n) is 3.56. The van der Waals surface area contributed by atoms with Crippen LogP contribution < -0.4 is 4.90 Å². The minimum Gasteiger partial charge on any atom is -0.368 e. The van der Waals surface area contributed by atoms with Crippen LogP contribution in [0.3, 0.4) is 0 Å². The molecule has 2 nitrogen and oxygen atoms in total. The predicted molar refractivity (Wildman–Crippen MR) is 71.7 cm³/mol. The Morgan fingerprint density at radius 1 is 1.35 bits per heavy atom. The fourth-order valence-corrected chi connectivity index (χ4v) is 2.66. The number of nitrogens with zero attached hydrogens (tertiary/aromatic N) is 1. The molecule has 0 fully saturated rings. The van der Waals surface area contributed by atoms with Gasteiger partial charge in [-0.25, -0.2) is 0 Å². The van der Waals surface area contributed by atoms with E-state index in [9.17, 15) is 4.79 Å². The van der Waals surface area contributed by atoms with Crippen LogP contribution in [-0.2, 0) is 0 Å². The van der Waals surface area contributed by atoms with Gasteiger partial charge in [0, 0.05) is 30.3 Å². The lowest BCUT2D eigenvalue weighted by Gasteiger charge is -2.31. The molecule has 0 aliphatic carbocycles. The first-order valence-corrected chi connectivity index (χ1v) is 6.63. The second-order valence-corrected chi connectivity index (χ2v) is 4.87. The van der Waals surface area contributed by atoms with E-state index in [1.807, 2.05) is 18.2 Å². The second kappa shape index (κ2) is 5.35. The van der Waals surface area contributed by atoms with Gasteiger partial charge in [-0.05, 0) is 31.9 Å². The Bertz CT molecular complexity index is 400. The highest BCUT2D eigenvalue weighted by Crippen LogP contribution is 2.28. The van der Waals surface area contributed by atoms with Crippen LogP contribution in [0.25, 0.3) is 0 Å². The van der Waals surface area contributed by atoms with Crippen molar-refractivity contribution in [2.45, 2.75) is 45.6 Å². The first-order valence-electron chi connectivity index (χ1n) is 6.63.